The van der Waals surface area contributed by atoms with Gasteiger partial charge in [-0.05, 0) is 29.5 Å². The van der Waals surface area contributed by atoms with Crippen LogP contribution in [0.4, 0.5) is 0 Å². The minimum atomic E-state index is -3.01. The van der Waals surface area contributed by atoms with Gasteiger partial charge in [-0.3, -0.25) is 0 Å². The van der Waals surface area contributed by atoms with Crippen molar-refractivity contribution in [1.29, 1.82) is 0 Å². The van der Waals surface area contributed by atoms with E-state index in [2.05, 4.69) is 49.4 Å². The van der Waals surface area contributed by atoms with Crippen LogP contribution in [0.5, 0.6) is 0 Å². The third kappa shape index (κ3) is 5.66. The molecule has 4 aromatic rings. The van der Waals surface area contributed by atoms with Crippen molar-refractivity contribution in [2.45, 2.75) is 39.0 Å². The van der Waals surface area contributed by atoms with Crippen LogP contribution in [-0.2, 0) is 11.0 Å². The van der Waals surface area contributed by atoms with E-state index in [9.17, 15) is 4.57 Å². The van der Waals surface area contributed by atoms with E-state index in [0.29, 0.717) is 0 Å². The zero-order valence-electron chi connectivity index (χ0n) is 19.9. The van der Waals surface area contributed by atoms with Gasteiger partial charge in [0.25, 0.3) is 0 Å². The molecule has 4 rings (SSSR count). The molecule has 2 heteroatoms. The topological polar surface area (TPSA) is 17.1 Å². The average molecular weight is 465 g/mol. The Morgan fingerprint density at radius 2 is 1.21 bits per heavy atom. The van der Waals surface area contributed by atoms with Gasteiger partial charge in [0.15, 0.2) is 7.14 Å². The summed E-state index contributed by atoms with van der Waals surface area (Å²) in [5, 5.41) is 2.58. The van der Waals surface area contributed by atoms with Crippen molar-refractivity contribution in [3.63, 3.8) is 0 Å². The Hall–Kier alpha value is -3.15. The molecular weight excluding hydrogens is 431 g/mol. The van der Waals surface area contributed by atoms with Gasteiger partial charge in [0.1, 0.15) is 0 Å². The van der Waals surface area contributed by atoms with Gasteiger partial charge >= 0.3 is 0 Å². The highest BCUT2D eigenvalue weighted by Crippen LogP contribution is 2.43. The molecule has 0 fully saturated rings. The van der Waals surface area contributed by atoms with Gasteiger partial charge in [-0.25, -0.2) is 0 Å². The van der Waals surface area contributed by atoms with Gasteiger partial charge < -0.3 is 4.57 Å². The van der Waals surface area contributed by atoms with Crippen molar-refractivity contribution in [3.8, 4) is 0 Å². The Labute approximate surface area is 204 Å². The van der Waals surface area contributed by atoms with Crippen LogP contribution in [0.15, 0.2) is 109 Å². The van der Waals surface area contributed by atoms with Crippen LogP contribution in [-0.4, -0.2) is 0 Å². The monoisotopic (exact) mass is 464 g/mol. The van der Waals surface area contributed by atoms with Crippen molar-refractivity contribution in [3.05, 3.63) is 126 Å². The first-order valence-electron chi connectivity index (χ1n) is 12.3. The summed E-state index contributed by atoms with van der Waals surface area (Å²) in [5.41, 5.74) is 3.54. The Morgan fingerprint density at radius 1 is 0.618 bits per heavy atom. The van der Waals surface area contributed by atoms with Gasteiger partial charge in [-0.2, -0.15) is 0 Å². The molecule has 0 aliphatic carbocycles. The van der Waals surface area contributed by atoms with Crippen molar-refractivity contribution < 1.29 is 4.57 Å². The van der Waals surface area contributed by atoms with E-state index in [1.54, 1.807) is 0 Å². The summed E-state index contributed by atoms with van der Waals surface area (Å²) < 4.78 is 14.8. The average Bonchev–Trinajstić information content (AvgIpc) is 2.91. The second-order valence-corrected chi connectivity index (χ2v) is 11.5. The van der Waals surface area contributed by atoms with Crippen LogP contribution < -0.4 is 15.9 Å². The Balaban J connectivity index is 1.64. The molecule has 1 nitrogen and oxygen atoms in total. The third-order valence-electron chi connectivity index (χ3n) is 6.27. The predicted octanol–water partition coefficient (Wildman–Crippen LogP) is 7.62. The zero-order chi connectivity index (χ0) is 23.6. The molecule has 0 atom stereocenters. The lowest BCUT2D eigenvalue weighted by atomic mass is 10.0. The molecule has 0 saturated heterocycles. The van der Waals surface area contributed by atoms with Crippen LogP contribution in [0.1, 0.15) is 49.3 Å². The summed E-state index contributed by atoms with van der Waals surface area (Å²) in [4.78, 5) is 0. The molecule has 0 aromatic heterocycles. The predicted molar refractivity (Wildman–Crippen MR) is 149 cm³/mol. The first-order valence-corrected chi connectivity index (χ1v) is 14.0. The van der Waals surface area contributed by atoms with Crippen LogP contribution in [0, 0.1) is 0 Å². The standard InChI is InChI=1S/C32H33OP/c1-2-3-4-7-14-27-21-23-28(24-22-27)25-26-29-15-12-13-20-32(29)34(33,30-16-8-5-9-17-30)31-18-10-6-11-19-31/h5-6,8-13,15-26H,2-4,7,14H2,1H3/b26-25+. The van der Waals surface area contributed by atoms with E-state index >= 15 is 0 Å². The second-order valence-electron chi connectivity index (χ2n) is 8.72. The highest BCUT2D eigenvalue weighted by molar-refractivity contribution is 7.85. The molecule has 0 N–H and O–H groups in total. The zero-order valence-corrected chi connectivity index (χ0v) is 20.8. The third-order valence-corrected chi connectivity index (χ3v) is 9.41. The van der Waals surface area contributed by atoms with Crippen molar-refractivity contribution in [2.24, 2.45) is 0 Å². The highest BCUT2D eigenvalue weighted by atomic mass is 31.2. The summed E-state index contributed by atoms with van der Waals surface area (Å²) in [6.07, 6.45) is 10.5. The van der Waals surface area contributed by atoms with E-state index in [1.165, 1.54) is 31.2 Å². The maximum atomic E-state index is 14.8. The molecule has 172 valence electrons. The van der Waals surface area contributed by atoms with Gasteiger partial charge in [0.2, 0.25) is 0 Å². The van der Waals surface area contributed by atoms with Gasteiger partial charge in [0, 0.05) is 15.9 Å². The largest absolute Gasteiger partial charge is 0.309 e. The lowest BCUT2D eigenvalue weighted by molar-refractivity contribution is 0.592. The minimum absolute atomic E-state index is 0.856. The maximum absolute atomic E-state index is 14.8. The number of hydrogen-bond acceptors (Lipinski definition) is 1. The lowest BCUT2D eigenvalue weighted by Gasteiger charge is -2.21. The van der Waals surface area contributed by atoms with Crippen LogP contribution in [0.25, 0.3) is 12.2 Å². The summed E-state index contributed by atoms with van der Waals surface area (Å²) >= 11 is 0. The summed E-state index contributed by atoms with van der Waals surface area (Å²) in [6.45, 7) is 2.25. The molecule has 0 saturated carbocycles. The Kier molecular flexibility index (Phi) is 8.34. The first kappa shape index (κ1) is 24.0. The van der Waals surface area contributed by atoms with Crippen LogP contribution in [0.3, 0.4) is 0 Å². The molecule has 0 aliphatic rings. The minimum Gasteiger partial charge on any atom is -0.309 e. The molecule has 0 radical (unpaired) electrons. The maximum Gasteiger partial charge on any atom is 0.171 e. The molecule has 0 amide bonds. The fraction of sp³-hybridized carbons (Fsp3) is 0.188. The van der Waals surface area contributed by atoms with Gasteiger partial charge in [-0.15, -0.1) is 0 Å². The highest BCUT2D eigenvalue weighted by Gasteiger charge is 2.30. The number of unbranched alkanes of at least 4 members (excludes halogenated alkanes) is 3. The number of rotatable bonds is 10. The molecule has 0 heterocycles. The first-order chi connectivity index (χ1) is 16.7. The van der Waals surface area contributed by atoms with Gasteiger partial charge in [0.05, 0.1) is 0 Å². The van der Waals surface area contributed by atoms with E-state index in [0.717, 1.165) is 33.5 Å². The number of benzene rings is 4. The number of hydrogen-bond donors (Lipinski definition) is 0. The molecule has 0 spiro atoms. The second kappa shape index (κ2) is 11.8. The Morgan fingerprint density at radius 3 is 1.82 bits per heavy atom. The smallest absolute Gasteiger partial charge is 0.171 e. The van der Waals surface area contributed by atoms with Crippen molar-refractivity contribution in [2.75, 3.05) is 0 Å². The molecule has 0 unspecified atom stereocenters. The van der Waals surface area contributed by atoms with Crippen LogP contribution in [0.2, 0.25) is 0 Å². The van der Waals surface area contributed by atoms with Crippen LogP contribution >= 0.6 is 7.14 Å². The summed E-state index contributed by atoms with van der Waals surface area (Å²) in [5.74, 6) is 0. The van der Waals surface area contributed by atoms with E-state index in [-0.39, 0.29) is 0 Å². The SMILES string of the molecule is CCCCCCc1ccc(/C=C/c2ccccc2P(=O)(c2ccccc2)c2ccccc2)cc1. The molecule has 34 heavy (non-hydrogen) atoms. The summed E-state index contributed by atoms with van der Waals surface area (Å²) in [6, 6.07) is 36.6. The summed E-state index contributed by atoms with van der Waals surface area (Å²) in [7, 11) is -3.01. The quantitative estimate of drug-likeness (QED) is 0.134. The fourth-order valence-corrected chi connectivity index (χ4v) is 7.20. The van der Waals surface area contributed by atoms with E-state index in [4.69, 9.17) is 0 Å². The fourth-order valence-electron chi connectivity index (χ4n) is 4.36. The Bertz CT molecular complexity index is 1200. The van der Waals surface area contributed by atoms with Crippen molar-refractivity contribution >= 4 is 35.2 Å². The molecular formula is C32H33OP. The van der Waals surface area contributed by atoms with Gasteiger partial charge in [-0.1, -0.05) is 148 Å². The molecule has 4 aromatic carbocycles. The van der Waals surface area contributed by atoms with Crippen molar-refractivity contribution in [1.82, 2.24) is 0 Å². The van der Waals surface area contributed by atoms with E-state index < -0.39 is 7.14 Å². The number of aryl methyl sites for hydroxylation is 1. The molecule has 0 aliphatic heterocycles. The molecule has 0 bridgehead atoms. The normalized spacial score (nSPS) is 11.7. The lowest BCUT2D eigenvalue weighted by Crippen LogP contribution is -2.26. The van der Waals surface area contributed by atoms with E-state index in [1.807, 2.05) is 78.9 Å².